The van der Waals surface area contributed by atoms with Gasteiger partial charge in [-0.2, -0.15) is 0 Å². The zero-order chi connectivity index (χ0) is 15.7. The Morgan fingerprint density at radius 2 is 2.27 bits per heavy atom. The topological polar surface area (TPSA) is 75.7 Å². The minimum Gasteiger partial charge on any atom is -0.508 e. The van der Waals surface area contributed by atoms with Crippen molar-refractivity contribution in [2.24, 2.45) is 0 Å². The van der Waals surface area contributed by atoms with Crippen LogP contribution in [-0.4, -0.2) is 33.6 Å². The van der Waals surface area contributed by atoms with E-state index in [2.05, 4.69) is 0 Å². The van der Waals surface area contributed by atoms with E-state index in [0.29, 0.717) is 18.8 Å². The van der Waals surface area contributed by atoms with Crippen LogP contribution in [0.2, 0.25) is 0 Å². The summed E-state index contributed by atoms with van der Waals surface area (Å²) >= 11 is 0. The molecule has 0 bridgehead atoms. The second-order valence-corrected chi connectivity index (χ2v) is 5.62. The number of aromatic nitrogens is 1. The summed E-state index contributed by atoms with van der Waals surface area (Å²) in [6.45, 7) is 2.97. The van der Waals surface area contributed by atoms with E-state index in [1.807, 2.05) is 12.1 Å². The molecule has 6 heteroatoms. The van der Waals surface area contributed by atoms with Crippen LogP contribution in [0.15, 0.2) is 39.7 Å². The predicted octanol–water partition coefficient (Wildman–Crippen LogP) is 1.47. The second kappa shape index (κ2) is 5.71. The molecule has 0 aliphatic carbocycles. The van der Waals surface area contributed by atoms with E-state index in [4.69, 9.17) is 4.42 Å². The molecule has 2 aromatic heterocycles. The number of carbonyl (C=O) groups excluding carboxylic acids is 1. The molecule has 22 heavy (non-hydrogen) atoms. The van der Waals surface area contributed by atoms with Gasteiger partial charge < -0.3 is 19.0 Å². The molecule has 6 nitrogen and oxygen atoms in total. The van der Waals surface area contributed by atoms with Crippen molar-refractivity contribution in [3.05, 3.63) is 52.3 Å². The summed E-state index contributed by atoms with van der Waals surface area (Å²) in [5.74, 6) is 0.945. The van der Waals surface area contributed by atoms with Gasteiger partial charge in [-0.05, 0) is 31.5 Å². The van der Waals surface area contributed by atoms with E-state index in [0.717, 1.165) is 18.2 Å². The molecule has 0 radical (unpaired) electrons. The maximum absolute atomic E-state index is 12.4. The molecule has 1 aliphatic heterocycles. The van der Waals surface area contributed by atoms with Crippen LogP contribution in [0.3, 0.4) is 0 Å². The van der Waals surface area contributed by atoms with Crippen molar-refractivity contribution >= 4 is 5.91 Å². The van der Waals surface area contributed by atoms with Gasteiger partial charge in [0.1, 0.15) is 18.1 Å². The largest absolute Gasteiger partial charge is 0.508 e. The number of furan rings is 1. The number of hydrogen-bond donors (Lipinski definition) is 1. The second-order valence-electron chi connectivity index (χ2n) is 5.62. The highest BCUT2D eigenvalue weighted by Crippen LogP contribution is 2.27. The summed E-state index contributed by atoms with van der Waals surface area (Å²) in [6.07, 6.45) is 2.50. The molecule has 0 saturated carbocycles. The highest BCUT2D eigenvalue weighted by molar-refractivity contribution is 5.76. The van der Waals surface area contributed by atoms with Crippen molar-refractivity contribution < 1.29 is 14.3 Å². The fourth-order valence-corrected chi connectivity index (χ4v) is 2.89. The quantitative estimate of drug-likeness (QED) is 0.931. The zero-order valence-corrected chi connectivity index (χ0v) is 12.4. The number of likely N-dealkylation sites (tertiary alicyclic amines) is 1. The van der Waals surface area contributed by atoms with Crippen LogP contribution in [-0.2, 0) is 11.3 Å². The minimum absolute atomic E-state index is 0.00415. The number of aromatic hydroxyl groups is 1. The molecule has 3 rings (SSSR count). The van der Waals surface area contributed by atoms with Crippen molar-refractivity contribution in [3.63, 3.8) is 0 Å². The summed E-state index contributed by atoms with van der Waals surface area (Å²) in [6, 6.07) is 6.37. The lowest BCUT2D eigenvalue weighted by molar-refractivity contribution is -0.130. The SMILES string of the molecule is Cc1cc(O)cc(=O)n1CC(=O)N1CCC(c2ccco2)C1. The maximum Gasteiger partial charge on any atom is 0.254 e. The number of aryl methyl sites for hydroxylation is 1. The molecular formula is C16H18N2O4. The number of pyridine rings is 1. The first kappa shape index (κ1) is 14.4. The molecular weight excluding hydrogens is 284 g/mol. The Balaban J connectivity index is 1.70. The lowest BCUT2D eigenvalue weighted by Gasteiger charge is -2.18. The van der Waals surface area contributed by atoms with Gasteiger partial charge in [-0.1, -0.05) is 0 Å². The van der Waals surface area contributed by atoms with Gasteiger partial charge in [-0.15, -0.1) is 0 Å². The van der Waals surface area contributed by atoms with Crippen LogP contribution in [0.4, 0.5) is 0 Å². The Labute approximate surface area is 127 Å². The van der Waals surface area contributed by atoms with E-state index in [1.54, 1.807) is 18.1 Å². The van der Waals surface area contributed by atoms with Crippen molar-refractivity contribution in [2.75, 3.05) is 13.1 Å². The van der Waals surface area contributed by atoms with Gasteiger partial charge in [-0.3, -0.25) is 9.59 Å². The van der Waals surface area contributed by atoms with Crippen molar-refractivity contribution in [3.8, 4) is 5.75 Å². The Morgan fingerprint density at radius 3 is 2.95 bits per heavy atom. The van der Waals surface area contributed by atoms with Gasteiger partial charge >= 0.3 is 0 Å². The molecule has 1 N–H and O–H groups in total. The van der Waals surface area contributed by atoms with Crippen LogP contribution in [0.5, 0.6) is 5.75 Å². The third-order valence-corrected chi connectivity index (χ3v) is 4.10. The van der Waals surface area contributed by atoms with Gasteiger partial charge in [-0.25, -0.2) is 0 Å². The molecule has 116 valence electrons. The molecule has 1 fully saturated rings. The number of amides is 1. The Bertz CT molecular complexity index is 733. The van der Waals surface area contributed by atoms with Gasteiger partial charge in [0, 0.05) is 30.8 Å². The van der Waals surface area contributed by atoms with Gasteiger partial charge in [0.2, 0.25) is 5.91 Å². The van der Waals surface area contributed by atoms with Crippen LogP contribution < -0.4 is 5.56 Å². The van der Waals surface area contributed by atoms with Crippen molar-refractivity contribution in [2.45, 2.75) is 25.8 Å². The molecule has 0 aromatic carbocycles. The minimum atomic E-state index is -0.368. The first-order valence-corrected chi connectivity index (χ1v) is 7.26. The fraction of sp³-hybridized carbons (Fsp3) is 0.375. The normalized spacial score (nSPS) is 17.9. The average molecular weight is 302 g/mol. The van der Waals surface area contributed by atoms with Gasteiger partial charge in [0.05, 0.1) is 6.26 Å². The summed E-state index contributed by atoms with van der Waals surface area (Å²) < 4.78 is 6.77. The van der Waals surface area contributed by atoms with Gasteiger partial charge in [0.25, 0.3) is 5.56 Å². The first-order valence-electron chi connectivity index (χ1n) is 7.26. The number of rotatable bonds is 3. The van der Waals surface area contributed by atoms with E-state index < -0.39 is 0 Å². The summed E-state index contributed by atoms with van der Waals surface area (Å²) in [5, 5.41) is 9.39. The van der Waals surface area contributed by atoms with Crippen LogP contribution in [0.25, 0.3) is 0 Å². The lowest BCUT2D eigenvalue weighted by atomic mass is 10.1. The monoisotopic (exact) mass is 302 g/mol. The predicted molar refractivity (Wildman–Crippen MR) is 79.7 cm³/mol. The molecule has 2 aromatic rings. The Kier molecular flexibility index (Phi) is 3.75. The van der Waals surface area contributed by atoms with E-state index in [-0.39, 0.29) is 29.7 Å². The molecule has 0 spiro atoms. The third-order valence-electron chi connectivity index (χ3n) is 4.10. The molecule has 3 heterocycles. The molecule has 1 unspecified atom stereocenters. The highest BCUT2D eigenvalue weighted by atomic mass is 16.3. The Hall–Kier alpha value is -2.50. The number of nitrogens with zero attached hydrogens (tertiary/aromatic N) is 2. The summed E-state index contributed by atoms with van der Waals surface area (Å²) in [5.41, 5.74) is 0.202. The van der Waals surface area contributed by atoms with E-state index in [1.165, 1.54) is 10.6 Å². The smallest absolute Gasteiger partial charge is 0.254 e. The summed E-state index contributed by atoms with van der Waals surface area (Å²) in [4.78, 5) is 26.0. The lowest BCUT2D eigenvalue weighted by Crippen LogP contribution is -2.35. The average Bonchev–Trinajstić information content (AvgIpc) is 3.12. The molecule has 1 saturated heterocycles. The van der Waals surface area contributed by atoms with Crippen molar-refractivity contribution in [1.29, 1.82) is 0 Å². The van der Waals surface area contributed by atoms with E-state index >= 15 is 0 Å². The first-order chi connectivity index (χ1) is 10.5. The maximum atomic E-state index is 12.4. The van der Waals surface area contributed by atoms with Crippen LogP contribution in [0, 0.1) is 6.92 Å². The highest BCUT2D eigenvalue weighted by Gasteiger charge is 2.29. The number of hydrogen-bond acceptors (Lipinski definition) is 4. The number of carbonyl (C=O) groups is 1. The molecule has 1 amide bonds. The Morgan fingerprint density at radius 1 is 1.45 bits per heavy atom. The van der Waals surface area contributed by atoms with E-state index in [9.17, 15) is 14.7 Å². The van der Waals surface area contributed by atoms with Crippen LogP contribution >= 0.6 is 0 Å². The molecule has 1 atom stereocenters. The fourth-order valence-electron chi connectivity index (χ4n) is 2.89. The molecule has 1 aliphatic rings. The standard InChI is InChI=1S/C16H18N2O4/c1-11-7-13(19)8-15(20)18(11)10-16(21)17-5-4-12(9-17)14-3-2-6-22-14/h2-3,6-8,12,19H,4-5,9-10H2,1H3. The third kappa shape index (κ3) is 2.77. The van der Waals surface area contributed by atoms with Gasteiger partial charge in [0.15, 0.2) is 0 Å². The zero-order valence-electron chi connectivity index (χ0n) is 12.4. The van der Waals surface area contributed by atoms with Crippen molar-refractivity contribution in [1.82, 2.24) is 9.47 Å². The van der Waals surface area contributed by atoms with Crippen LogP contribution in [0.1, 0.15) is 23.8 Å². The summed E-state index contributed by atoms with van der Waals surface area (Å²) in [7, 11) is 0.